The molecule has 23 heavy (non-hydrogen) atoms. The van der Waals surface area contributed by atoms with Crippen LogP contribution in [0.3, 0.4) is 0 Å². The third-order valence-electron chi connectivity index (χ3n) is 4.43. The highest BCUT2D eigenvalue weighted by Gasteiger charge is 2.30. The zero-order valence-electron chi connectivity index (χ0n) is 14.1. The number of hydrogen-bond acceptors (Lipinski definition) is 5. The van der Waals surface area contributed by atoms with Crippen LogP contribution in [-0.4, -0.2) is 63.2 Å². The Hall–Kier alpha value is -1.73. The first-order valence-corrected chi connectivity index (χ1v) is 8.77. The molecule has 124 valence electrons. The van der Waals surface area contributed by atoms with E-state index in [1.54, 1.807) is 10.9 Å². The van der Waals surface area contributed by atoms with Gasteiger partial charge in [-0.15, -0.1) is 11.3 Å². The Kier molecular flexibility index (Phi) is 4.50. The average molecular weight is 333 g/mol. The number of nitrogens with zero attached hydrogens (tertiary/aromatic N) is 5. The van der Waals surface area contributed by atoms with Crippen molar-refractivity contribution in [1.82, 2.24) is 24.6 Å². The maximum Gasteiger partial charge on any atom is 0.273 e. The fourth-order valence-corrected chi connectivity index (χ4v) is 3.77. The molecule has 0 N–H and O–H groups in total. The van der Waals surface area contributed by atoms with Gasteiger partial charge in [-0.3, -0.25) is 14.4 Å². The number of hydrogen-bond donors (Lipinski definition) is 0. The molecule has 6 nitrogen and oxygen atoms in total. The zero-order chi connectivity index (χ0) is 16.6. The molecule has 0 spiro atoms. The molecule has 0 saturated carbocycles. The van der Waals surface area contributed by atoms with Crippen LogP contribution in [0, 0.1) is 5.92 Å². The lowest BCUT2D eigenvalue weighted by Gasteiger charge is -2.41. The van der Waals surface area contributed by atoms with Crippen LogP contribution in [0.15, 0.2) is 17.8 Å². The van der Waals surface area contributed by atoms with Crippen molar-refractivity contribution in [2.24, 2.45) is 13.0 Å². The molecule has 0 aromatic carbocycles. The molecule has 0 bridgehead atoms. The monoisotopic (exact) mass is 333 g/mol. The molecule has 1 fully saturated rings. The van der Waals surface area contributed by atoms with Gasteiger partial charge in [-0.1, -0.05) is 13.8 Å². The van der Waals surface area contributed by atoms with Crippen molar-refractivity contribution < 1.29 is 4.79 Å². The van der Waals surface area contributed by atoms with Crippen LogP contribution >= 0.6 is 11.3 Å². The lowest BCUT2D eigenvalue weighted by molar-refractivity contribution is 0.0461. The summed E-state index contributed by atoms with van der Waals surface area (Å²) in [6.45, 7) is 6.86. The number of aryl methyl sites for hydroxylation is 1. The van der Waals surface area contributed by atoms with Crippen LogP contribution in [0.2, 0.25) is 0 Å². The highest BCUT2D eigenvalue weighted by molar-refractivity contribution is 7.13. The van der Waals surface area contributed by atoms with E-state index in [-0.39, 0.29) is 5.91 Å². The summed E-state index contributed by atoms with van der Waals surface area (Å²) in [5, 5.41) is 6.86. The van der Waals surface area contributed by atoms with Crippen molar-refractivity contribution in [1.29, 1.82) is 0 Å². The molecule has 1 saturated heterocycles. The van der Waals surface area contributed by atoms with Gasteiger partial charge in [0.2, 0.25) is 0 Å². The third-order valence-corrected chi connectivity index (χ3v) is 5.32. The van der Waals surface area contributed by atoms with Crippen LogP contribution < -0.4 is 0 Å². The molecule has 1 amide bonds. The molecule has 0 unspecified atom stereocenters. The van der Waals surface area contributed by atoms with Crippen LogP contribution in [0.1, 0.15) is 24.3 Å². The lowest BCUT2D eigenvalue weighted by atomic mass is 10.00. The summed E-state index contributed by atoms with van der Waals surface area (Å²) in [5.41, 5.74) is 1.50. The van der Waals surface area contributed by atoms with E-state index in [0.29, 0.717) is 17.7 Å². The molecule has 2 aromatic heterocycles. The summed E-state index contributed by atoms with van der Waals surface area (Å²) in [6.07, 6.45) is 3.69. The van der Waals surface area contributed by atoms with Crippen LogP contribution in [0.25, 0.3) is 10.6 Å². The van der Waals surface area contributed by atoms with E-state index < -0.39 is 0 Å². The van der Waals surface area contributed by atoms with Crippen molar-refractivity contribution in [2.45, 2.75) is 19.9 Å². The number of amides is 1. The second-order valence-corrected chi connectivity index (χ2v) is 7.34. The minimum atomic E-state index is 0.0372. The number of piperazine rings is 1. The zero-order valence-corrected chi connectivity index (χ0v) is 14.9. The third kappa shape index (κ3) is 3.30. The summed E-state index contributed by atoms with van der Waals surface area (Å²) in [4.78, 5) is 21.6. The Morgan fingerprint density at radius 1 is 1.35 bits per heavy atom. The summed E-state index contributed by atoms with van der Waals surface area (Å²) in [7, 11) is 4.01. The van der Waals surface area contributed by atoms with E-state index in [1.807, 2.05) is 23.5 Å². The second kappa shape index (κ2) is 6.41. The smallest absolute Gasteiger partial charge is 0.273 e. The van der Waals surface area contributed by atoms with Gasteiger partial charge in [0.05, 0.1) is 6.20 Å². The Bertz CT molecular complexity index is 692. The average Bonchev–Trinajstić information content (AvgIpc) is 3.15. The molecule has 3 heterocycles. The van der Waals surface area contributed by atoms with E-state index in [0.717, 1.165) is 30.2 Å². The highest BCUT2D eigenvalue weighted by Crippen LogP contribution is 2.24. The summed E-state index contributed by atoms with van der Waals surface area (Å²) >= 11 is 1.49. The highest BCUT2D eigenvalue weighted by atomic mass is 32.1. The number of carbonyl (C=O) groups is 1. The van der Waals surface area contributed by atoms with Crippen LogP contribution in [0.5, 0.6) is 0 Å². The van der Waals surface area contributed by atoms with Gasteiger partial charge in [0.25, 0.3) is 5.91 Å². The fraction of sp³-hybridized carbons (Fsp3) is 0.562. The molecule has 0 aliphatic carbocycles. The molecule has 0 radical (unpaired) electrons. The minimum absolute atomic E-state index is 0.0372. The summed E-state index contributed by atoms with van der Waals surface area (Å²) < 4.78 is 1.74. The molecule has 1 atom stereocenters. The topological polar surface area (TPSA) is 54.3 Å². The van der Waals surface area contributed by atoms with Crippen molar-refractivity contribution >= 4 is 17.2 Å². The number of likely N-dealkylation sites (N-methyl/N-ethyl adjacent to an activating group) is 1. The first-order valence-electron chi connectivity index (χ1n) is 7.89. The quantitative estimate of drug-likeness (QED) is 0.861. The molecule has 2 aromatic rings. The first-order chi connectivity index (χ1) is 11.0. The molecule has 3 rings (SSSR count). The predicted molar refractivity (Wildman–Crippen MR) is 91.5 cm³/mol. The predicted octanol–water partition coefficient (Wildman–Crippen LogP) is 1.96. The normalized spacial score (nSPS) is 19.5. The number of rotatable bonds is 3. The van der Waals surface area contributed by atoms with Gasteiger partial charge in [0.1, 0.15) is 10.7 Å². The van der Waals surface area contributed by atoms with Crippen LogP contribution in [-0.2, 0) is 7.05 Å². The number of carbonyl (C=O) groups excluding carboxylic acids is 1. The Morgan fingerprint density at radius 3 is 2.78 bits per heavy atom. The SMILES string of the molecule is CC(C)[C@@H]1CN(C(=O)c2csc(-c3cnn(C)c3)n2)CCN1C. The maximum absolute atomic E-state index is 12.8. The largest absolute Gasteiger partial charge is 0.334 e. The van der Waals surface area contributed by atoms with Crippen molar-refractivity contribution in [3.05, 3.63) is 23.5 Å². The Morgan fingerprint density at radius 2 is 2.13 bits per heavy atom. The molecule has 7 heteroatoms. The second-order valence-electron chi connectivity index (χ2n) is 6.48. The minimum Gasteiger partial charge on any atom is -0.334 e. The Balaban J connectivity index is 1.74. The van der Waals surface area contributed by atoms with Crippen molar-refractivity contribution in [3.63, 3.8) is 0 Å². The van der Waals surface area contributed by atoms with Crippen molar-refractivity contribution in [3.8, 4) is 10.6 Å². The van der Waals surface area contributed by atoms with Gasteiger partial charge in [-0.2, -0.15) is 5.10 Å². The molecule has 1 aliphatic rings. The maximum atomic E-state index is 12.8. The first kappa shape index (κ1) is 16.1. The number of aromatic nitrogens is 3. The van der Waals surface area contributed by atoms with Gasteiger partial charge >= 0.3 is 0 Å². The van der Waals surface area contributed by atoms with Crippen LogP contribution in [0.4, 0.5) is 0 Å². The summed E-state index contributed by atoms with van der Waals surface area (Å²) in [5.74, 6) is 0.562. The van der Waals surface area contributed by atoms with E-state index in [4.69, 9.17) is 0 Å². The Labute approximate surface area is 140 Å². The van der Waals surface area contributed by atoms with Gasteiger partial charge in [-0.25, -0.2) is 4.98 Å². The molecular weight excluding hydrogens is 310 g/mol. The van der Waals surface area contributed by atoms with E-state index >= 15 is 0 Å². The fourth-order valence-electron chi connectivity index (χ4n) is 3.00. The van der Waals surface area contributed by atoms with Gasteiger partial charge in [-0.05, 0) is 13.0 Å². The van der Waals surface area contributed by atoms with Gasteiger partial charge < -0.3 is 4.90 Å². The summed E-state index contributed by atoms with van der Waals surface area (Å²) in [6, 6.07) is 0.407. The van der Waals surface area contributed by atoms with E-state index in [2.05, 4.69) is 35.9 Å². The van der Waals surface area contributed by atoms with E-state index in [1.165, 1.54) is 11.3 Å². The van der Waals surface area contributed by atoms with Gasteiger partial charge in [0.15, 0.2) is 0 Å². The molecular formula is C16H23N5OS. The number of thiazole rings is 1. The lowest BCUT2D eigenvalue weighted by Crippen LogP contribution is -2.55. The van der Waals surface area contributed by atoms with Crippen molar-refractivity contribution in [2.75, 3.05) is 26.7 Å². The standard InChI is InChI=1S/C16H23N5OS/c1-11(2)14-9-21(6-5-19(14)3)16(22)13-10-23-15(18-13)12-7-17-20(4)8-12/h7-8,10-11,14H,5-6,9H2,1-4H3/t14-/m0/s1. The molecule has 1 aliphatic heterocycles. The van der Waals surface area contributed by atoms with Gasteiger partial charge in [0, 0.05) is 49.9 Å². The van der Waals surface area contributed by atoms with E-state index in [9.17, 15) is 4.79 Å².